The van der Waals surface area contributed by atoms with E-state index in [0.29, 0.717) is 41.8 Å². The van der Waals surface area contributed by atoms with Crippen LogP contribution in [0.3, 0.4) is 0 Å². The van der Waals surface area contributed by atoms with E-state index in [1.54, 1.807) is 17.2 Å². The summed E-state index contributed by atoms with van der Waals surface area (Å²) >= 11 is 0. The Kier molecular flexibility index (Phi) is 6.01. The molecule has 4 heterocycles. The lowest BCUT2D eigenvalue weighted by Crippen LogP contribution is -2.49. The minimum absolute atomic E-state index is 0.0367. The zero-order valence-corrected chi connectivity index (χ0v) is 21.5. The fourth-order valence-electron chi connectivity index (χ4n) is 6.37. The fourth-order valence-corrected chi connectivity index (χ4v) is 6.37. The average molecular weight is 508 g/mol. The summed E-state index contributed by atoms with van der Waals surface area (Å²) in [7, 11) is 0. The van der Waals surface area contributed by atoms with Gasteiger partial charge < -0.3 is 15.5 Å². The quantitative estimate of drug-likeness (QED) is 0.601. The molecule has 10 heteroatoms. The predicted molar refractivity (Wildman–Crippen MR) is 140 cm³/mol. The first-order valence-electron chi connectivity index (χ1n) is 13.4. The van der Waals surface area contributed by atoms with Gasteiger partial charge >= 0.3 is 0 Å². The van der Waals surface area contributed by atoms with E-state index in [-0.39, 0.29) is 29.6 Å². The molecular formula is C27H34FN7O2. The van der Waals surface area contributed by atoms with Crippen LogP contribution in [0.1, 0.15) is 51.5 Å². The molecule has 1 unspecified atom stereocenters. The molecule has 1 aromatic carbocycles. The molecule has 2 aromatic rings. The summed E-state index contributed by atoms with van der Waals surface area (Å²) in [5, 5.41) is 5.94. The van der Waals surface area contributed by atoms with Crippen molar-refractivity contribution in [2.45, 2.75) is 63.5 Å². The van der Waals surface area contributed by atoms with Crippen LogP contribution in [0.2, 0.25) is 0 Å². The van der Waals surface area contributed by atoms with Gasteiger partial charge in [-0.05, 0) is 51.3 Å². The van der Waals surface area contributed by atoms with Crippen LogP contribution in [0.15, 0.2) is 24.4 Å². The third kappa shape index (κ3) is 3.93. The number of nitrogens with one attached hydrogen (secondary N) is 2. The normalized spacial score (nSPS) is 24.4. The van der Waals surface area contributed by atoms with Crippen molar-refractivity contribution in [1.82, 2.24) is 20.2 Å². The molecule has 1 saturated carbocycles. The van der Waals surface area contributed by atoms with E-state index < -0.39 is 5.41 Å². The van der Waals surface area contributed by atoms with Gasteiger partial charge in [0, 0.05) is 62.3 Å². The Hall–Kier alpha value is -3.27. The average Bonchev–Trinajstić information content (AvgIpc) is 3.60. The highest BCUT2D eigenvalue weighted by Crippen LogP contribution is 2.47. The highest BCUT2D eigenvalue weighted by molar-refractivity contribution is 6.22. The van der Waals surface area contributed by atoms with Crippen LogP contribution in [0.5, 0.6) is 0 Å². The van der Waals surface area contributed by atoms with Gasteiger partial charge in [0.1, 0.15) is 11.6 Å². The molecule has 3 aliphatic heterocycles. The van der Waals surface area contributed by atoms with Crippen molar-refractivity contribution in [2.24, 2.45) is 0 Å². The highest BCUT2D eigenvalue weighted by atomic mass is 19.1. The van der Waals surface area contributed by atoms with Gasteiger partial charge in [0.2, 0.25) is 17.8 Å². The Morgan fingerprint density at radius 1 is 1.14 bits per heavy atom. The highest BCUT2D eigenvalue weighted by Gasteiger charge is 2.60. The zero-order chi connectivity index (χ0) is 25.7. The molecule has 0 radical (unpaired) electrons. The molecule has 3 fully saturated rings. The van der Waals surface area contributed by atoms with E-state index in [1.165, 1.54) is 6.07 Å². The number of piperazine rings is 1. The SMILES string of the molecule is CC(C)N1CCN(c2ccc(Nc3ncc4c(n3)N(C3CCCC3)C(=O)C43CCNC3=O)cc2F)CC1. The number of rotatable bonds is 5. The van der Waals surface area contributed by atoms with Crippen LogP contribution in [0.4, 0.5) is 27.5 Å². The number of aromatic nitrogens is 2. The van der Waals surface area contributed by atoms with Crippen LogP contribution >= 0.6 is 0 Å². The second kappa shape index (κ2) is 9.24. The van der Waals surface area contributed by atoms with E-state index in [1.807, 2.05) is 6.07 Å². The number of benzene rings is 1. The largest absolute Gasteiger partial charge is 0.367 e. The van der Waals surface area contributed by atoms with E-state index in [2.05, 4.69) is 39.3 Å². The molecule has 1 spiro atoms. The number of hydrogen-bond donors (Lipinski definition) is 2. The van der Waals surface area contributed by atoms with Gasteiger partial charge in [-0.1, -0.05) is 12.8 Å². The van der Waals surface area contributed by atoms with E-state index in [9.17, 15) is 9.59 Å². The molecule has 9 nitrogen and oxygen atoms in total. The maximum atomic E-state index is 15.1. The van der Waals surface area contributed by atoms with Crippen molar-refractivity contribution >= 4 is 35.0 Å². The van der Waals surface area contributed by atoms with Gasteiger partial charge in [0.15, 0.2) is 5.41 Å². The van der Waals surface area contributed by atoms with Gasteiger partial charge in [-0.25, -0.2) is 9.37 Å². The number of anilines is 4. The van der Waals surface area contributed by atoms with Crippen molar-refractivity contribution in [1.29, 1.82) is 0 Å². The number of carbonyl (C=O) groups is 2. The lowest BCUT2D eigenvalue weighted by atomic mass is 9.81. The first-order valence-corrected chi connectivity index (χ1v) is 13.4. The lowest BCUT2D eigenvalue weighted by Gasteiger charge is -2.38. The second-order valence-corrected chi connectivity index (χ2v) is 10.9. The molecule has 2 amide bonds. The molecular weight excluding hydrogens is 473 g/mol. The molecule has 2 N–H and O–H groups in total. The summed E-state index contributed by atoms with van der Waals surface area (Å²) in [4.78, 5) is 41.9. The van der Waals surface area contributed by atoms with E-state index >= 15 is 4.39 Å². The third-order valence-electron chi connectivity index (χ3n) is 8.49. The standard InChI is InChI=1S/C27H34FN7O2/c1-17(2)33-11-13-34(14-12-33)22-8-7-18(15-21(22)28)31-26-30-16-20-23(32-26)35(19-5-3-4-6-19)25(37)27(20)9-10-29-24(27)36/h7-8,15-17,19H,3-6,9-14H2,1-2H3,(H,29,36)(H,30,31,32). The summed E-state index contributed by atoms with van der Waals surface area (Å²) in [5.41, 5.74) is 0.471. The Bertz CT molecular complexity index is 1220. The first kappa shape index (κ1) is 24.1. The maximum Gasteiger partial charge on any atom is 0.248 e. The van der Waals surface area contributed by atoms with Crippen LogP contribution in [-0.2, 0) is 15.0 Å². The number of fused-ring (bicyclic) bond motifs is 2. The molecule has 1 aliphatic carbocycles. The van der Waals surface area contributed by atoms with Crippen LogP contribution in [-0.4, -0.2) is 71.5 Å². The molecule has 1 atom stereocenters. The number of carbonyl (C=O) groups excluding carboxylic acids is 2. The number of halogens is 1. The Balaban J connectivity index is 1.25. The van der Waals surface area contributed by atoms with Gasteiger partial charge in [-0.2, -0.15) is 4.98 Å². The van der Waals surface area contributed by atoms with Crippen molar-refractivity contribution < 1.29 is 14.0 Å². The van der Waals surface area contributed by atoms with Crippen LogP contribution in [0, 0.1) is 5.82 Å². The number of nitrogens with zero attached hydrogens (tertiary/aromatic N) is 5. The topological polar surface area (TPSA) is 93.7 Å². The fraction of sp³-hybridized carbons (Fsp3) is 0.556. The smallest absolute Gasteiger partial charge is 0.248 e. The van der Waals surface area contributed by atoms with Gasteiger partial charge in [-0.3, -0.25) is 19.4 Å². The van der Waals surface area contributed by atoms with Crippen molar-refractivity contribution in [3.8, 4) is 0 Å². The Labute approximate surface area is 216 Å². The first-order chi connectivity index (χ1) is 17.9. The van der Waals surface area contributed by atoms with Crippen molar-refractivity contribution in [2.75, 3.05) is 47.8 Å². The summed E-state index contributed by atoms with van der Waals surface area (Å²) < 4.78 is 15.1. The minimum Gasteiger partial charge on any atom is -0.367 e. The summed E-state index contributed by atoms with van der Waals surface area (Å²) in [5.74, 6) is 0.0296. The maximum absolute atomic E-state index is 15.1. The third-order valence-corrected chi connectivity index (χ3v) is 8.49. The van der Waals surface area contributed by atoms with Gasteiger partial charge in [0.25, 0.3) is 0 Å². The minimum atomic E-state index is -1.23. The van der Waals surface area contributed by atoms with Gasteiger partial charge in [-0.15, -0.1) is 0 Å². The van der Waals surface area contributed by atoms with Gasteiger partial charge in [0.05, 0.1) is 5.69 Å². The molecule has 4 aliphatic rings. The summed E-state index contributed by atoms with van der Waals surface area (Å²) in [6.07, 6.45) is 5.91. The van der Waals surface area contributed by atoms with E-state index in [0.717, 1.165) is 51.9 Å². The van der Waals surface area contributed by atoms with Crippen molar-refractivity contribution in [3.05, 3.63) is 35.8 Å². The Morgan fingerprint density at radius 2 is 1.89 bits per heavy atom. The molecule has 2 saturated heterocycles. The van der Waals surface area contributed by atoms with Crippen LogP contribution in [0.25, 0.3) is 0 Å². The Morgan fingerprint density at radius 3 is 2.54 bits per heavy atom. The predicted octanol–water partition coefficient (Wildman–Crippen LogP) is 2.94. The van der Waals surface area contributed by atoms with Crippen LogP contribution < -0.4 is 20.4 Å². The molecule has 0 bridgehead atoms. The summed E-state index contributed by atoms with van der Waals surface area (Å²) in [6.45, 7) is 8.23. The summed E-state index contributed by atoms with van der Waals surface area (Å²) in [6, 6.07) is 5.61. The molecule has 1 aromatic heterocycles. The monoisotopic (exact) mass is 507 g/mol. The van der Waals surface area contributed by atoms with Crippen molar-refractivity contribution in [3.63, 3.8) is 0 Å². The molecule has 6 rings (SSSR count). The molecule has 37 heavy (non-hydrogen) atoms. The number of hydrogen-bond acceptors (Lipinski definition) is 7. The zero-order valence-electron chi connectivity index (χ0n) is 21.5. The molecule has 196 valence electrons. The van der Waals surface area contributed by atoms with E-state index in [4.69, 9.17) is 4.98 Å². The number of amides is 2. The second-order valence-electron chi connectivity index (χ2n) is 10.9. The lowest BCUT2D eigenvalue weighted by molar-refractivity contribution is -0.133.